The second kappa shape index (κ2) is 6.86. The highest BCUT2D eigenvalue weighted by Crippen LogP contribution is 2.29. The number of esters is 1. The third-order valence-electron chi connectivity index (χ3n) is 4.23. The van der Waals surface area contributed by atoms with Crippen molar-refractivity contribution >= 4 is 29.2 Å². The minimum Gasteiger partial charge on any atom is -0.453 e. The van der Waals surface area contributed by atoms with Crippen LogP contribution in [0.15, 0.2) is 36.4 Å². The van der Waals surface area contributed by atoms with Crippen LogP contribution in [0.25, 0.3) is 0 Å². The van der Waals surface area contributed by atoms with Gasteiger partial charge in [-0.3, -0.25) is 19.3 Å². The summed E-state index contributed by atoms with van der Waals surface area (Å²) < 4.78 is 5.28. The second-order valence-corrected chi connectivity index (χ2v) is 6.09. The van der Waals surface area contributed by atoms with Crippen LogP contribution in [0.4, 0.5) is 11.4 Å². The predicted octanol–water partition coefficient (Wildman–Crippen LogP) is 2.26. The highest BCUT2D eigenvalue weighted by atomic mass is 16.5. The molecule has 0 fully saturated rings. The molecule has 0 saturated heterocycles. The van der Waals surface area contributed by atoms with E-state index in [0.717, 1.165) is 12.8 Å². The standard InChI is InChI=1S/C18H20N2O4/c1-12(24-17(22)10-13-6-2-3-7-13)18(23)20-11-16(21)19-14-8-4-5-9-15(14)20/h2,4-6,8-9,12-13H,3,7,10-11H2,1H3,(H,19,21)/t12-,13-/m1/s1. The summed E-state index contributed by atoms with van der Waals surface area (Å²) in [6.45, 7) is 1.46. The topological polar surface area (TPSA) is 75.7 Å². The minimum absolute atomic E-state index is 0.0803. The molecule has 2 amide bonds. The Morgan fingerprint density at radius 3 is 2.92 bits per heavy atom. The summed E-state index contributed by atoms with van der Waals surface area (Å²) in [5.41, 5.74) is 1.19. The predicted molar refractivity (Wildman–Crippen MR) is 89.5 cm³/mol. The van der Waals surface area contributed by atoms with Crippen LogP contribution in [0.2, 0.25) is 0 Å². The number of fused-ring (bicyclic) bond motifs is 1. The van der Waals surface area contributed by atoms with Crippen LogP contribution in [0, 0.1) is 5.92 Å². The normalized spacial score (nSPS) is 20.3. The summed E-state index contributed by atoms with van der Waals surface area (Å²) in [7, 11) is 0. The van der Waals surface area contributed by atoms with Gasteiger partial charge in [-0.15, -0.1) is 0 Å². The van der Waals surface area contributed by atoms with Gasteiger partial charge < -0.3 is 10.1 Å². The summed E-state index contributed by atoms with van der Waals surface area (Å²) in [6.07, 6.45) is 5.34. The van der Waals surface area contributed by atoms with Gasteiger partial charge in [0.15, 0.2) is 6.10 Å². The molecule has 0 aromatic heterocycles. The number of carbonyl (C=O) groups is 3. The number of amides is 2. The van der Waals surface area contributed by atoms with Gasteiger partial charge >= 0.3 is 5.97 Å². The van der Waals surface area contributed by atoms with Crippen LogP contribution in [0.3, 0.4) is 0 Å². The molecule has 2 aliphatic rings. The fourth-order valence-corrected chi connectivity index (χ4v) is 3.02. The average molecular weight is 328 g/mol. The van der Waals surface area contributed by atoms with Gasteiger partial charge in [0.2, 0.25) is 5.91 Å². The number of nitrogens with one attached hydrogen (secondary N) is 1. The molecule has 0 saturated carbocycles. The fourth-order valence-electron chi connectivity index (χ4n) is 3.02. The van der Waals surface area contributed by atoms with E-state index >= 15 is 0 Å². The van der Waals surface area contributed by atoms with E-state index in [4.69, 9.17) is 4.74 Å². The van der Waals surface area contributed by atoms with Crippen molar-refractivity contribution in [2.75, 3.05) is 16.8 Å². The molecule has 126 valence electrons. The molecule has 1 aliphatic carbocycles. The molecule has 0 unspecified atom stereocenters. The lowest BCUT2D eigenvalue weighted by molar-refractivity contribution is -0.154. The van der Waals surface area contributed by atoms with E-state index in [1.54, 1.807) is 31.2 Å². The number of hydrogen-bond acceptors (Lipinski definition) is 4. The van der Waals surface area contributed by atoms with Gasteiger partial charge in [-0.2, -0.15) is 0 Å². The highest BCUT2D eigenvalue weighted by Gasteiger charge is 2.31. The van der Waals surface area contributed by atoms with Crippen LogP contribution >= 0.6 is 0 Å². The number of benzene rings is 1. The zero-order valence-corrected chi connectivity index (χ0v) is 13.5. The Labute approximate surface area is 140 Å². The average Bonchev–Trinajstić information content (AvgIpc) is 3.06. The molecule has 3 rings (SSSR count). The number of ether oxygens (including phenoxy) is 1. The lowest BCUT2D eigenvalue weighted by atomic mass is 10.1. The Bertz CT molecular complexity index is 698. The van der Waals surface area contributed by atoms with Crippen LogP contribution in [0.5, 0.6) is 0 Å². The minimum atomic E-state index is -0.929. The van der Waals surface area contributed by atoms with E-state index in [2.05, 4.69) is 11.4 Å². The zero-order valence-electron chi connectivity index (χ0n) is 13.5. The van der Waals surface area contributed by atoms with Crippen molar-refractivity contribution in [3.63, 3.8) is 0 Å². The largest absolute Gasteiger partial charge is 0.453 e. The molecule has 0 radical (unpaired) electrons. The van der Waals surface area contributed by atoms with Gasteiger partial charge in [-0.05, 0) is 37.8 Å². The maximum absolute atomic E-state index is 12.6. The number of allylic oxidation sites excluding steroid dienone is 2. The van der Waals surface area contributed by atoms with E-state index in [1.165, 1.54) is 4.90 Å². The molecule has 1 aromatic carbocycles. The summed E-state index contributed by atoms with van der Waals surface area (Å²) >= 11 is 0. The third-order valence-corrected chi connectivity index (χ3v) is 4.23. The van der Waals surface area contributed by atoms with Gasteiger partial charge in [-0.1, -0.05) is 24.3 Å². The first-order valence-corrected chi connectivity index (χ1v) is 8.11. The van der Waals surface area contributed by atoms with Crippen molar-refractivity contribution in [3.05, 3.63) is 36.4 Å². The number of carbonyl (C=O) groups excluding carboxylic acids is 3. The summed E-state index contributed by atoms with van der Waals surface area (Å²) in [5.74, 6) is -0.854. The van der Waals surface area contributed by atoms with Crippen LogP contribution in [0.1, 0.15) is 26.2 Å². The maximum Gasteiger partial charge on any atom is 0.307 e. The second-order valence-electron chi connectivity index (χ2n) is 6.09. The molecular formula is C18H20N2O4. The van der Waals surface area contributed by atoms with E-state index < -0.39 is 12.0 Å². The number of rotatable bonds is 4. The highest BCUT2D eigenvalue weighted by molar-refractivity contribution is 6.11. The van der Waals surface area contributed by atoms with Crippen molar-refractivity contribution in [1.82, 2.24) is 0 Å². The first-order valence-electron chi connectivity index (χ1n) is 8.11. The fraction of sp³-hybridized carbons (Fsp3) is 0.389. The Kier molecular flexibility index (Phi) is 4.64. The molecule has 6 heteroatoms. The Morgan fingerprint density at radius 1 is 1.38 bits per heavy atom. The van der Waals surface area contributed by atoms with Gasteiger partial charge in [0, 0.05) is 0 Å². The third kappa shape index (κ3) is 3.48. The van der Waals surface area contributed by atoms with Crippen LogP contribution < -0.4 is 10.2 Å². The van der Waals surface area contributed by atoms with Gasteiger partial charge in [-0.25, -0.2) is 0 Å². The summed E-state index contributed by atoms with van der Waals surface area (Å²) in [6, 6.07) is 7.06. The van der Waals surface area contributed by atoms with Gasteiger partial charge in [0.05, 0.1) is 17.8 Å². The van der Waals surface area contributed by atoms with E-state index in [1.807, 2.05) is 6.08 Å². The molecular weight excluding hydrogens is 308 g/mol. The van der Waals surface area contributed by atoms with Crippen molar-refractivity contribution in [2.45, 2.75) is 32.3 Å². The summed E-state index contributed by atoms with van der Waals surface area (Å²) in [4.78, 5) is 37.8. The molecule has 1 aliphatic heterocycles. The van der Waals surface area contributed by atoms with Crippen molar-refractivity contribution in [3.8, 4) is 0 Å². The van der Waals surface area contributed by atoms with Crippen molar-refractivity contribution < 1.29 is 19.1 Å². The van der Waals surface area contributed by atoms with Crippen molar-refractivity contribution in [1.29, 1.82) is 0 Å². The number of nitrogens with zero attached hydrogens (tertiary/aromatic N) is 1. The molecule has 1 aromatic rings. The van der Waals surface area contributed by atoms with Crippen molar-refractivity contribution in [2.24, 2.45) is 5.92 Å². The quantitative estimate of drug-likeness (QED) is 0.679. The molecule has 6 nitrogen and oxygen atoms in total. The first kappa shape index (κ1) is 16.2. The number of hydrogen-bond donors (Lipinski definition) is 1. The smallest absolute Gasteiger partial charge is 0.307 e. The SMILES string of the molecule is C[C@@H](OC(=O)C[C@@H]1C=CCC1)C(=O)N1CC(=O)Nc2ccccc21. The Hall–Kier alpha value is -2.63. The molecule has 1 N–H and O–H groups in total. The van der Waals surface area contributed by atoms with E-state index in [-0.39, 0.29) is 30.8 Å². The van der Waals surface area contributed by atoms with Gasteiger partial charge in [0.25, 0.3) is 5.91 Å². The maximum atomic E-state index is 12.6. The molecule has 2 atom stereocenters. The van der Waals surface area contributed by atoms with Crippen LogP contribution in [-0.2, 0) is 19.1 Å². The lowest BCUT2D eigenvalue weighted by Gasteiger charge is -2.30. The van der Waals surface area contributed by atoms with E-state index in [0.29, 0.717) is 11.4 Å². The van der Waals surface area contributed by atoms with Gasteiger partial charge in [0.1, 0.15) is 6.54 Å². The Morgan fingerprint density at radius 2 is 2.17 bits per heavy atom. The monoisotopic (exact) mass is 328 g/mol. The molecule has 1 heterocycles. The molecule has 24 heavy (non-hydrogen) atoms. The zero-order chi connectivity index (χ0) is 17.1. The van der Waals surface area contributed by atoms with Crippen LogP contribution in [-0.4, -0.2) is 30.4 Å². The summed E-state index contributed by atoms with van der Waals surface area (Å²) in [5, 5.41) is 2.72. The molecule has 0 spiro atoms. The lowest BCUT2D eigenvalue weighted by Crippen LogP contribution is -2.47. The number of anilines is 2. The first-order chi connectivity index (χ1) is 11.5. The number of para-hydroxylation sites is 2. The molecule has 0 bridgehead atoms. The Balaban J connectivity index is 1.66. The van der Waals surface area contributed by atoms with E-state index in [9.17, 15) is 14.4 Å².